The second kappa shape index (κ2) is 10.8. The third-order valence-corrected chi connectivity index (χ3v) is 6.96. The van der Waals surface area contributed by atoms with Gasteiger partial charge in [0.15, 0.2) is 5.65 Å². The number of aromatic nitrogens is 3. The molecule has 0 saturated carbocycles. The lowest BCUT2D eigenvalue weighted by atomic mass is 10.0. The Morgan fingerprint density at radius 3 is 2.36 bits per heavy atom. The number of ether oxygens (including phenoxy) is 2. The number of benzene rings is 2. The van der Waals surface area contributed by atoms with Crippen molar-refractivity contribution in [2.75, 3.05) is 25.7 Å². The van der Waals surface area contributed by atoms with Crippen LogP contribution >= 0.6 is 12.4 Å². The van der Waals surface area contributed by atoms with Crippen LogP contribution < -0.4 is 14.4 Å². The van der Waals surface area contributed by atoms with Gasteiger partial charge in [-0.15, -0.1) is 12.4 Å². The summed E-state index contributed by atoms with van der Waals surface area (Å²) in [5, 5.41) is 5.08. The van der Waals surface area contributed by atoms with Gasteiger partial charge in [-0.05, 0) is 80.5 Å². The van der Waals surface area contributed by atoms with E-state index in [0.717, 1.165) is 78.3 Å². The molecule has 6 nitrogen and oxygen atoms in total. The van der Waals surface area contributed by atoms with Gasteiger partial charge >= 0.3 is 0 Å². The molecule has 0 atom stereocenters. The average molecular weight is 507 g/mol. The lowest BCUT2D eigenvalue weighted by Gasteiger charge is -2.27. The molecule has 1 aliphatic rings. The van der Waals surface area contributed by atoms with Gasteiger partial charge in [0.2, 0.25) is 0 Å². The minimum atomic E-state index is 0. The molecule has 2 aromatic heterocycles. The standard InChI is InChI=1S/C29H34N4O2.ClH/c1-6-16-32(18-21-10-12-22(34-4)13-11-21)29-25-8-7-9-26(25)30-28-27(20(3)31-33(28)29)24-15-14-23(35-5)17-19(24)2;/h10-15,17H,6-9,16,18H2,1-5H3;1H. The minimum Gasteiger partial charge on any atom is -0.497 e. The Kier molecular flexibility index (Phi) is 7.74. The van der Waals surface area contributed by atoms with Gasteiger partial charge in [0.05, 0.1) is 19.9 Å². The Morgan fingerprint density at radius 1 is 0.972 bits per heavy atom. The number of anilines is 1. The molecule has 0 saturated heterocycles. The lowest BCUT2D eigenvalue weighted by molar-refractivity contribution is 0.414. The van der Waals surface area contributed by atoms with Gasteiger partial charge in [0.1, 0.15) is 17.3 Å². The van der Waals surface area contributed by atoms with Crippen molar-refractivity contribution in [3.8, 4) is 22.6 Å². The maximum Gasteiger partial charge on any atom is 0.165 e. The predicted octanol–water partition coefficient (Wildman–Crippen LogP) is 6.36. The van der Waals surface area contributed by atoms with E-state index in [1.807, 2.05) is 18.2 Å². The number of methoxy groups -OCH3 is 2. The molecule has 0 N–H and O–H groups in total. The Labute approximate surface area is 219 Å². The van der Waals surface area contributed by atoms with E-state index in [2.05, 4.69) is 54.5 Å². The summed E-state index contributed by atoms with van der Waals surface area (Å²) in [4.78, 5) is 7.68. The highest BCUT2D eigenvalue weighted by Gasteiger charge is 2.27. The van der Waals surface area contributed by atoms with Crippen molar-refractivity contribution >= 4 is 23.9 Å². The van der Waals surface area contributed by atoms with E-state index in [1.54, 1.807) is 14.2 Å². The molecule has 0 amide bonds. The summed E-state index contributed by atoms with van der Waals surface area (Å²) in [6.07, 6.45) is 4.26. The highest BCUT2D eigenvalue weighted by molar-refractivity contribution is 5.85. The first-order valence-electron chi connectivity index (χ1n) is 12.5. The lowest BCUT2D eigenvalue weighted by Crippen LogP contribution is -2.27. The Bertz CT molecular complexity index is 1360. The molecular weight excluding hydrogens is 472 g/mol. The molecule has 0 bridgehead atoms. The fourth-order valence-electron chi connectivity index (χ4n) is 5.28. The van der Waals surface area contributed by atoms with Gasteiger partial charge in [-0.25, -0.2) is 4.98 Å². The minimum absolute atomic E-state index is 0. The fourth-order valence-corrected chi connectivity index (χ4v) is 5.28. The van der Waals surface area contributed by atoms with Crippen LogP contribution in [-0.4, -0.2) is 35.4 Å². The van der Waals surface area contributed by atoms with Gasteiger partial charge in [0.25, 0.3) is 0 Å². The van der Waals surface area contributed by atoms with E-state index in [9.17, 15) is 0 Å². The zero-order valence-electron chi connectivity index (χ0n) is 21.8. The number of halogens is 1. The van der Waals surface area contributed by atoms with Crippen molar-refractivity contribution in [2.45, 2.75) is 53.0 Å². The number of hydrogen-bond acceptors (Lipinski definition) is 5. The monoisotopic (exact) mass is 506 g/mol. The van der Waals surface area contributed by atoms with Gasteiger partial charge in [-0.2, -0.15) is 9.61 Å². The molecule has 2 heterocycles. The van der Waals surface area contributed by atoms with Crippen LogP contribution in [0.25, 0.3) is 16.8 Å². The zero-order chi connectivity index (χ0) is 24.5. The van der Waals surface area contributed by atoms with Crippen molar-refractivity contribution in [1.82, 2.24) is 14.6 Å². The molecular formula is C29H35ClN4O2. The Hall–Kier alpha value is -3.25. The third kappa shape index (κ3) is 4.62. The second-order valence-corrected chi connectivity index (χ2v) is 9.36. The van der Waals surface area contributed by atoms with Gasteiger partial charge in [-0.3, -0.25) is 0 Å². The van der Waals surface area contributed by atoms with E-state index in [1.165, 1.54) is 22.6 Å². The Balaban J connectivity index is 0.00000304. The highest BCUT2D eigenvalue weighted by atomic mass is 35.5. The highest BCUT2D eigenvalue weighted by Crippen LogP contribution is 2.38. The van der Waals surface area contributed by atoms with Crippen LogP contribution in [0.1, 0.15) is 47.8 Å². The molecule has 0 radical (unpaired) electrons. The van der Waals surface area contributed by atoms with E-state index in [4.69, 9.17) is 19.6 Å². The van der Waals surface area contributed by atoms with Crippen LogP contribution in [-0.2, 0) is 19.4 Å². The summed E-state index contributed by atoms with van der Waals surface area (Å²) in [6, 6.07) is 14.6. The van der Waals surface area contributed by atoms with Crippen molar-refractivity contribution in [2.24, 2.45) is 0 Å². The summed E-state index contributed by atoms with van der Waals surface area (Å²) in [5.41, 5.74) is 9.20. The number of hydrogen-bond donors (Lipinski definition) is 0. The SMILES string of the molecule is CCCN(Cc1ccc(OC)cc1)c1c2c(nc3c(-c4ccc(OC)cc4C)c(C)nn13)CCC2.Cl. The van der Waals surface area contributed by atoms with Crippen LogP contribution in [0.3, 0.4) is 0 Å². The third-order valence-electron chi connectivity index (χ3n) is 6.96. The van der Waals surface area contributed by atoms with Crippen LogP contribution in [0.4, 0.5) is 5.82 Å². The van der Waals surface area contributed by atoms with E-state index in [-0.39, 0.29) is 12.4 Å². The fraction of sp³-hybridized carbons (Fsp3) is 0.379. The number of rotatable bonds is 8. The van der Waals surface area contributed by atoms with Gasteiger partial charge in [0, 0.05) is 29.9 Å². The normalized spacial score (nSPS) is 12.4. The molecule has 5 rings (SSSR count). The molecule has 7 heteroatoms. The van der Waals surface area contributed by atoms with E-state index >= 15 is 0 Å². The number of fused-ring (bicyclic) bond motifs is 2. The van der Waals surface area contributed by atoms with E-state index < -0.39 is 0 Å². The summed E-state index contributed by atoms with van der Waals surface area (Å²) in [5.74, 6) is 2.94. The quantitative estimate of drug-likeness (QED) is 0.278. The number of nitrogens with zero attached hydrogens (tertiary/aromatic N) is 4. The molecule has 190 valence electrons. The maximum absolute atomic E-state index is 5.44. The predicted molar refractivity (Wildman–Crippen MR) is 148 cm³/mol. The zero-order valence-corrected chi connectivity index (χ0v) is 22.6. The summed E-state index contributed by atoms with van der Waals surface area (Å²) in [7, 11) is 3.41. The summed E-state index contributed by atoms with van der Waals surface area (Å²) >= 11 is 0. The van der Waals surface area contributed by atoms with Crippen molar-refractivity contribution < 1.29 is 9.47 Å². The molecule has 4 aromatic rings. The first kappa shape index (κ1) is 25.8. The van der Waals surface area contributed by atoms with Crippen molar-refractivity contribution in [3.63, 3.8) is 0 Å². The van der Waals surface area contributed by atoms with Gasteiger partial charge < -0.3 is 14.4 Å². The van der Waals surface area contributed by atoms with Crippen molar-refractivity contribution in [1.29, 1.82) is 0 Å². The van der Waals surface area contributed by atoms with Crippen LogP contribution in [0.2, 0.25) is 0 Å². The largest absolute Gasteiger partial charge is 0.497 e. The first-order chi connectivity index (χ1) is 17.0. The van der Waals surface area contributed by atoms with Crippen LogP contribution in [0.5, 0.6) is 11.5 Å². The average Bonchev–Trinajstić information content (AvgIpc) is 3.46. The summed E-state index contributed by atoms with van der Waals surface area (Å²) in [6.45, 7) is 8.23. The number of aryl methyl sites for hydroxylation is 3. The molecule has 0 spiro atoms. The molecule has 0 unspecified atom stereocenters. The smallest absolute Gasteiger partial charge is 0.165 e. The molecule has 1 aliphatic carbocycles. The second-order valence-electron chi connectivity index (χ2n) is 9.36. The Morgan fingerprint density at radius 2 is 1.69 bits per heavy atom. The van der Waals surface area contributed by atoms with Crippen LogP contribution in [0, 0.1) is 13.8 Å². The van der Waals surface area contributed by atoms with Gasteiger partial charge in [-0.1, -0.05) is 25.1 Å². The van der Waals surface area contributed by atoms with Crippen molar-refractivity contribution in [3.05, 3.63) is 70.5 Å². The molecule has 36 heavy (non-hydrogen) atoms. The molecule has 2 aromatic carbocycles. The maximum atomic E-state index is 5.44. The first-order valence-corrected chi connectivity index (χ1v) is 12.5. The molecule has 0 fully saturated rings. The molecule has 0 aliphatic heterocycles. The van der Waals surface area contributed by atoms with E-state index in [0.29, 0.717) is 0 Å². The topological polar surface area (TPSA) is 51.9 Å². The summed E-state index contributed by atoms with van der Waals surface area (Å²) < 4.78 is 12.9. The van der Waals surface area contributed by atoms with Crippen LogP contribution in [0.15, 0.2) is 42.5 Å².